The highest BCUT2D eigenvalue weighted by molar-refractivity contribution is 7.11. The molecule has 1 aromatic rings. The first kappa shape index (κ1) is 16.7. The normalized spacial score (nSPS) is 27.8. The smallest absolute Gasteiger partial charge is 0.305 e. The lowest BCUT2D eigenvalue weighted by Gasteiger charge is -2.24. The van der Waals surface area contributed by atoms with Gasteiger partial charge in [0, 0.05) is 17.1 Å². The quantitative estimate of drug-likeness (QED) is 0.861. The Morgan fingerprint density at radius 3 is 3.05 bits per heavy atom. The maximum atomic E-state index is 11.2. The summed E-state index contributed by atoms with van der Waals surface area (Å²) < 4.78 is 4.68. The molecule has 1 aliphatic carbocycles. The summed E-state index contributed by atoms with van der Waals surface area (Å²) in [6.45, 7) is 0. The lowest BCUT2D eigenvalue weighted by molar-refractivity contribution is -0.140. The van der Waals surface area contributed by atoms with Crippen molar-refractivity contribution >= 4 is 29.7 Å². The van der Waals surface area contributed by atoms with E-state index in [-0.39, 0.29) is 18.4 Å². The standard InChI is InChI=1S/C15H22N2O2S.ClH/c1-19-14(18)7-6-11-9-16-15(20-11)13-8-10-4-2-3-5-12(10)17-13;/h9-10,12-13,17H,2-8H2,1H3;1H/t10?,12?,13-;/m0./s1. The van der Waals surface area contributed by atoms with Crippen molar-refractivity contribution in [3.05, 3.63) is 16.1 Å². The lowest BCUT2D eigenvalue weighted by atomic mass is 9.85. The Morgan fingerprint density at radius 2 is 2.29 bits per heavy atom. The zero-order valence-corrected chi connectivity index (χ0v) is 14.0. The van der Waals surface area contributed by atoms with Gasteiger partial charge in [-0.15, -0.1) is 23.7 Å². The van der Waals surface area contributed by atoms with Crippen LogP contribution >= 0.6 is 23.7 Å². The van der Waals surface area contributed by atoms with Crippen molar-refractivity contribution in [2.24, 2.45) is 5.92 Å². The van der Waals surface area contributed by atoms with Crippen LogP contribution in [0, 0.1) is 5.92 Å². The van der Waals surface area contributed by atoms with Gasteiger partial charge < -0.3 is 10.1 Å². The van der Waals surface area contributed by atoms with E-state index in [1.807, 2.05) is 6.20 Å². The molecule has 1 aromatic heterocycles. The average molecular weight is 331 g/mol. The molecule has 1 saturated heterocycles. The molecule has 2 fully saturated rings. The number of aryl methyl sites for hydroxylation is 1. The van der Waals surface area contributed by atoms with Crippen LogP contribution in [-0.2, 0) is 16.0 Å². The number of rotatable bonds is 4. The molecule has 3 atom stereocenters. The van der Waals surface area contributed by atoms with E-state index in [1.54, 1.807) is 11.3 Å². The molecule has 2 unspecified atom stereocenters. The SMILES string of the molecule is COC(=O)CCc1cnc([C@@H]2CC3CCCCC3N2)s1.Cl. The monoisotopic (exact) mass is 330 g/mol. The lowest BCUT2D eigenvalue weighted by Crippen LogP contribution is -2.30. The number of hydrogen-bond donors (Lipinski definition) is 1. The number of nitrogens with zero attached hydrogens (tertiary/aromatic N) is 1. The molecule has 0 radical (unpaired) electrons. The van der Waals surface area contributed by atoms with E-state index < -0.39 is 0 Å². The Balaban J connectivity index is 0.00000161. The topological polar surface area (TPSA) is 51.2 Å². The van der Waals surface area contributed by atoms with Crippen LogP contribution in [0.25, 0.3) is 0 Å². The van der Waals surface area contributed by atoms with Crippen molar-refractivity contribution in [3.8, 4) is 0 Å². The molecule has 6 heteroatoms. The van der Waals surface area contributed by atoms with Crippen molar-refractivity contribution in [2.75, 3.05) is 7.11 Å². The second-order valence-electron chi connectivity index (χ2n) is 5.85. The van der Waals surface area contributed by atoms with Gasteiger partial charge in [-0.2, -0.15) is 0 Å². The average Bonchev–Trinajstić information content (AvgIpc) is 3.10. The van der Waals surface area contributed by atoms with E-state index in [4.69, 9.17) is 0 Å². The van der Waals surface area contributed by atoms with Gasteiger partial charge in [-0.05, 0) is 31.6 Å². The second kappa shape index (κ2) is 7.56. The zero-order valence-electron chi connectivity index (χ0n) is 12.3. The molecule has 0 spiro atoms. The molecule has 21 heavy (non-hydrogen) atoms. The summed E-state index contributed by atoms with van der Waals surface area (Å²) in [5, 5.41) is 4.95. The first-order valence-corrected chi connectivity index (χ1v) is 8.35. The molecular weight excluding hydrogens is 308 g/mol. The zero-order chi connectivity index (χ0) is 13.9. The number of halogens is 1. The minimum absolute atomic E-state index is 0. The fraction of sp³-hybridized carbons (Fsp3) is 0.733. The molecule has 1 aliphatic heterocycles. The van der Waals surface area contributed by atoms with Crippen molar-refractivity contribution in [1.29, 1.82) is 0 Å². The number of aromatic nitrogens is 1. The Hall–Kier alpha value is -0.650. The number of fused-ring (bicyclic) bond motifs is 1. The molecule has 0 aromatic carbocycles. The summed E-state index contributed by atoms with van der Waals surface area (Å²) in [6, 6.07) is 1.14. The molecule has 1 saturated carbocycles. The minimum Gasteiger partial charge on any atom is -0.469 e. The van der Waals surface area contributed by atoms with Crippen LogP contribution in [0.5, 0.6) is 0 Å². The van der Waals surface area contributed by atoms with Crippen LogP contribution in [0.15, 0.2) is 6.20 Å². The van der Waals surface area contributed by atoms with Gasteiger partial charge in [-0.25, -0.2) is 4.98 Å². The molecular formula is C15H23ClN2O2S. The van der Waals surface area contributed by atoms with Crippen molar-refractivity contribution in [1.82, 2.24) is 10.3 Å². The second-order valence-corrected chi connectivity index (χ2v) is 6.99. The third-order valence-electron chi connectivity index (χ3n) is 4.54. The first-order chi connectivity index (χ1) is 9.76. The van der Waals surface area contributed by atoms with Crippen LogP contribution in [0.3, 0.4) is 0 Å². The van der Waals surface area contributed by atoms with Crippen LogP contribution in [0.2, 0.25) is 0 Å². The number of carbonyl (C=O) groups is 1. The highest BCUT2D eigenvalue weighted by Crippen LogP contribution is 2.40. The Bertz CT molecular complexity index is 466. The predicted octanol–water partition coefficient (Wildman–Crippen LogP) is 3.26. The van der Waals surface area contributed by atoms with Crippen LogP contribution in [0.4, 0.5) is 0 Å². The summed E-state index contributed by atoms with van der Waals surface area (Å²) in [7, 11) is 1.44. The molecule has 2 heterocycles. The molecule has 1 N–H and O–H groups in total. The Labute approximate surface area is 136 Å². The molecule has 0 amide bonds. The Morgan fingerprint density at radius 1 is 1.48 bits per heavy atom. The maximum Gasteiger partial charge on any atom is 0.305 e. The largest absolute Gasteiger partial charge is 0.469 e. The van der Waals surface area contributed by atoms with Crippen molar-refractivity contribution < 1.29 is 9.53 Å². The minimum atomic E-state index is -0.148. The Kier molecular flexibility index (Phi) is 6.02. The van der Waals surface area contributed by atoms with E-state index in [0.717, 1.165) is 12.3 Å². The highest BCUT2D eigenvalue weighted by Gasteiger charge is 2.36. The number of carbonyl (C=O) groups excluding carboxylic acids is 1. The van der Waals surface area contributed by atoms with Crippen LogP contribution in [-0.4, -0.2) is 24.1 Å². The van der Waals surface area contributed by atoms with E-state index in [1.165, 1.54) is 49.1 Å². The van der Waals surface area contributed by atoms with Crippen LogP contribution in [0.1, 0.15) is 54.5 Å². The molecule has 3 rings (SSSR count). The van der Waals surface area contributed by atoms with Crippen molar-refractivity contribution in [3.63, 3.8) is 0 Å². The fourth-order valence-corrected chi connectivity index (χ4v) is 4.43. The van der Waals surface area contributed by atoms with Gasteiger partial charge in [-0.1, -0.05) is 12.8 Å². The number of ether oxygens (including phenoxy) is 1. The number of esters is 1. The number of hydrogen-bond acceptors (Lipinski definition) is 5. The van der Waals surface area contributed by atoms with Gasteiger partial charge in [0.2, 0.25) is 0 Å². The van der Waals surface area contributed by atoms with E-state index in [0.29, 0.717) is 18.5 Å². The van der Waals surface area contributed by atoms with E-state index >= 15 is 0 Å². The first-order valence-electron chi connectivity index (χ1n) is 7.53. The van der Waals surface area contributed by atoms with Gasteiger partial charge >= 0.3 is 5.97 Å². The fourth-order valence-electron chi connectivity index (χ4n) is 3.44. The van der Waals surface area contributed by atoms with E-state index in [9.17, 15) is 4.79 Å². The predicted molar refractivity (Wildman–Crippen MR) is 85.9 cm³/mol. The number of nitrogens with one attached hydrogen (secondary N) is 1. The molecule has 4 nitrogen and oxygen atoms in total. The van der Waals surface area contributed by atoms with Crippen LogP contribution < -0.4 is 5.32 Å². The summed E-state index contributed by atoms with van der Waals surface area (Å²) >= 11 is 1.75. The summed E-state index contributed by atoms with van der Waals surface area (Å²) in [5.41, 5.74) is 0. The highest BCUT2D eigenvalue weighted by atomic mass is 35.5. The summed E-state index contributed by atoms with van der Waals surface area (Å²) in [5.74, 6) is 0.695. The van der Waals surface area contributed by atoms with Crippen molar-refractivity contribution in [2.45, 2.75) is 57.0 Å². The van der Waals surface area contributed by atoms with Gasteiger partial charge in [-0.3, -0.25) is 4.79 Å². The molecule has 118 valence electrons. The third kappa shape index (κ3) is 3.96. The van der Waals surface area contributed by atoms with Gasteiger partial charge in [0.15, 0.2) is 0 Å². The molecule has 2 aliphatic rings. The number of methoxy groups -OCH3 is 1. The van der Waals surface area contributed by atoms with Gasteiger partial charge in [0.05, 0.1) is 19.6 Å². The maximum absolute atomic E-state index is 11.2. The van der Waals surface area contributed by atoms with E-state index in [2.05, 4.69) is 15.0 Å². The van der Waals surface area contributed by atoms with Gasteiger partial charge in [0.1, 0.15) is 5.01 Å². The number of thiazole rings is 1. The van der Waals surface area contributed by atoms with Gasteiger partial charge in [0.25, 0.3) is 0 Å². The molecule has 0 bridgehead atoms. The summed E-state index contributed by atoms with van der Waals surface area (Å²) in [6.07, 6.45) is 9.78. The summed E-state index contributed by atoms with van der Waals surface area (Å²) in [4.78, 5) is 16.9. The third-order valence-corrected chi connectivity index (χ3v) is 5.71.